The van der Waals surface area contributed by atoms with Crippen LogP contribution in [0, 0.1) is 30.5 Å². The number of carbonyl (C=O) groups is 1. The minimum Gasteiger partial charge on any atom is -0.480 e. The maximum Gasteiger partial charge on any atom is 0.320 e. The second-order valence-corrected chi connectivity index (χ2v) is 12.0. The third-order valence-electron chi connectivity index (χ3n) is 9.11. The fourth-order valence-corrected chi connectivity index (χ4v) is 6.73. The molecule has 0 spiro atoms. The molecular formula is C32H43FN2O2. The van der Waals surface area contributed by atoms with E-state index in [1.165, 1.54) is 55.2 Å². The highest BCUT2D eigenvalue weighted by Gasteiger charge is 2.42. The zero-order valence-corrected chi connectivity index (χ0v) is 22.3. The van der Waals surface area contributed by atoms with E-state index in [1.54, 1.807) is 12.1 Å². The number of aliphatic carboxylic acids is 1. The molecule has 0 radical (unpaired) electrons. The first kappa shape index (κ1) is 26.4. The smallest absolute Gasteiger partial charge is 0.320 e. The zero-order chi connectivity index (χ0) is 25.8. The van der Waals surface area contributed by atoms with E-state index in [2.05, 4.69) is 41.0 Å². The van der Waals surface area contributed by atoms with Gasteiger partial charge in [-0.1, -0.05) is 61.2 Å². The van der Waals surface area contributed by atoms with Crippen LogP contribution in [0.25, 0.3) is 0 Å². The van der Waals surface area contributed by atoms with Gasteiger partial charge in [0.15, 0.2) is 0 Å². The summed E-state index contributed by atoms with van der Waals surface area (Å²) in [6, 6.07) is 15.5. The molecule has 3 fully saturated rings. The second kappa shape index (κ2) is 12.1. The summed E-state index contributed by atoms with van der Waals surface area (Å²) in [7, 11) is 0. The molecule has 4 nitrogen and oxygen atoms in total. The van der Waals surface area contributed by atoms with Crippen LogP contribution < -0.4 is 0 Å². The Morgan fingerprint density at radius 1 is 1.03 bits per heavy atom. The molecule has 3 unspecified atom stereocenters. The van der Waals surface area contributed by atoms with Gasteiger partial charge in [-0.15, -0.1) is 0 Å². The maximum atomic E-state index is 13.1. The van der Waals surface area contributed by atoms with E-state index in [-0.39, 0.29) is 11.9 Å². The molecule has 1 N–H and O–H groups in total. The molecule has 0 bridgehead atoms. The van der Waals surface area contributed by atoms with Crippen molar-refractivity contribution in [2.24, 2.45) is 17.8 Å². The minimum atomic E-state index is -0.642. The van der Waals surface area contributed by atoms with E-state index < -0.39 is 5.97 Å². The van der Waals surface area contributed by atoms with E-state index in [0.717, 1.165) is 51.5 Å². The Bertz CT molecular complexity index is 1030. The Labute approximate surface area is 221 Å². The number of nitrogens with zero attached hydrogens (tertiary/aromatic N) is 2. The van der Waals surface area contributed by atoms with Gasteiger partial charge in [-0.2, -0.15) is 0 Å². The number of aryl methyl sites for hydroxylation is 2. The number of hydrogen-bond donors (Lipinski definition) is 1. The zero-order valence-electron chi connectivity index (χ0n) is 22.3. The van der Waals surface area contributed by atoms with Crippen molar-refractivity contribution in [2.45, 2.75) is 70.3 Å². The van der Waals surface area contributed by atoms with Gasteiger partial charge in [0, 0.05) is 25.6 Å². The molecule has 0 aromatic heterocycles. The van der Waals surface area contributed by atoms with Crippen molar-refractivity contribution >= 4 is 5.97 Å². The van der Waals surface area contributed by atoms with Crippen LogP contribution in [0.4, 0.5) is 4.39 Å². The summed E-state index contributed by atoms with van der Waals surface area (Å²) in [5.41, 5.74) is 3.89. The number of halogens is 1. The average molecular weight is 507 g/mol. The van der Waals surface area contributed by atoms with E-state index in [0.29, 0.717) is 17.8 Å². The van der Waals surface area contributed by atoms with Crippen LogP contribution in [0.15, 0.2) is 48.5 Å². The molecule has 5 rings (SSSR count). The molecule has 2 heterocycles. The average Bonchev–Trinajstić information content (AvgIpc) is 3.62. The summed E-state index contributed by atoms with van der Waals surface area (Å²) in [4.78, 5) is 17.1. The fraction of sp³-hybridized carbons (Fsp3) is 0.594. The summed E-state index contributed by atoms with van der Waals surface area (Å²) >= 11 is 0. The van der Waals surface area contributed by atoms with Crippen LogP contribution in [-0.2, 0) is 11.2 Å². The van der Waals surface area contributed by atoms with Gasteiger partial charge in [0.05, 0.1) is 0 Å². The molecule has 200 valence electrons. The highest BCUT2D eigenvalue weighted by atomic mass is 19.1. The Hall–Kier alpha value is -2.24. The number of hydrogen-bond acceptors (Lipinski definition) is 3. The first-order valence-corrected chi connectivity index (χ1v) is 14.4. The molecule has 2 aromatic carbocycles. The van der Waals surface area contributed by atoms with Crippen LogP contribution in [-0.4, -0.2) is 59.6 Å². The monoisotopic (exact) mass is 506 g/mol. The van der Waals surface area contributed by atoms with Crippen LogP contribution in [0.3, 0.4) is 0 Å². The van der Waals surface area contributed by atoms with Crippen molar-refractivity contribution in [2.75, 3.05) is 32.7 Å². The van der Waals surface area contributed by atoms with Crippen molar-refractivity contribution in [3.8, 4) is 0 Å². The van der Waals surface area contributed by atoms with Crippen molar-refractivity contribution < 1.29 is 14.3 Å². The predicted molar refractivity (Wildman–Crippen MR) is 146 cm³/mol. The Balaban J connectivity index is 1.16. The van der Waals surface area contributed by atoms with E-state index in [9.17, 15) is 14.3 Å². The number of carboxylic acids is 1. The third-order valence-corrected chi connectivity index (χ3v) is 9.11. The van der Waals surface area contributed by atoms with Crippen LogP contribution in [0.1, 0.15) is 67.6 Å². The first-order valence-electron chi connectivity index (χ1n) is 14.4. The van der Waals surface area contributed by atoms with E-state index in [1.807, 2.05) is 12.1 Å². The summed E-state index contributed by atoms with van der Waals surface area (Å²) in [6.45, 7) is 7.25. The third kappa shape index (κ3) is 7.20. The molecule has 2 aromatic rings. The number of rotatable bonds is 11. The topological polar surface area (TPSA) is 43.8 Å². The standard InChI is InChI=1S/C32H43FN2O2/c1-23-4-2-7-27(18-23)30-22-35(31(32(36)37)19-26-8-9-26)21-28(30)20-34-16-14-25(15-17-34)6-3-5-24-10-12-29(33)13-11-24/h2,4,7,10-13,18,25-26,28,30-31H,3,5-6,8-9,14-17,19-22H2,1H3,(H,36,37). The van der Waals surface area contributed by atoms with Gasteiger partial charge < -0.3 is 10.0 Å². The lowest BCUT2D eigenvalue weighted by molar-refractivity contribution is -0.143. The van der Waals surface area contributed by atoms with Crippen molar-refractivity contribution in [3.63, 3.8) is 0 Å². The lowest BCUT2D eigenvalue weighted by Gasteiger charge is -2.35. The molecule has 3 atom stereocenters. The van der Waals surface area contributed by atoms with Crippen LogP contribution in [0.5, 0.6) is 0 Å². The van der Waals surface area contributed by atoms with Gasteiger partial charge >= 0.3 is 5.97 Å². The maximum absolute atomic E-state index is 13.1. The molecule has 2 saturated heterocycles. The highest BCUT2D eigenvalue weighted by molar-refractivity contribution is 5.73. The molecule has 5 heteroatoms. The molecule has 1 saturated carbocycles. The summed E-state index contributed by atoms with van der Waals surface area (Å²) in [6.07, 6.45) is 9.13. The highest BCUT2D eigenvalue weighted by Crippen LogP contribution is 2.39. The molecule has 2 aliphatic heterocycles. The molecule has 0 amide bonds. The van der Waals surface area contributed by atoms with Crippen molar-refractivity contribution in [3.05, 3.63) is 71.0 Å². The fourth-order valence-electron chi connectivity index (χ4n) is 6.73. The molecule has 3 aliphatic rings. The first-order chi connectivity index (χ1) is 17.9. The SMILES string of the molecule is Cc1cccc(C2CN(C(CC3CC3)C(=O)O)CC2CN2CCC(CCCc3ccc(F)cc3)CC2)c1. The Morgan fingerprint density at radius 2 is 1.78 bits per heavy atom. The molecular weight excluding hydrogens is 463 g/mol. The van der Waals surface area contributed by atoms with Gasteiger partial charge in [0.25, 0.3) is 0 Å². The lowest BCUT2D eigenvalue weighted by Crippen LogP contribution is -2.41. The minimum absolute atomic E-state index is 0.160. The summed E-state index contributed by atoms with van der Waals surface area (Å²) in [5, 5.41) is 10.0. The number of benzene rings is 2. The van der Waals surface area contributed by atoms with E-state index >= 15 is 0 Å². The van der Waals surface area contributed by atoms with Gasteiger partial charge in [0.1, 0.15) is 11.9 Å². The molecule has 37 heavy (non-hydrogen) atoms. The van der Waals surface area contributed by atoms with Crippen LogP contribution in [0.2, 0.25) is 0 Å². The van der Waals surface area contributed by atoms with Crippen LogP contribution >= 0.6 is 0 Å². The van der Waals surface area contributed by atoms with Gasteiger partial charge in [0.2, 0.25) is 0 Å². The largest absolute Gasteiger partial charge is 0.480 e. The van der Waals surface area contributed by atoms with Gasteiger partial charge in [-0.25, -0.2) is 4.39 Å². The number of carboxylic acid groups (broad SMARTS) is 1. The Morgan fingerprint density at radius 3 is 2.46 bits per heavy atom. The van der Waals surface area contributed by atoms with Crippen molar-refractivity contribution in [1.29, 1.82) is 0 Å². The van der Waals surface area contributed by atoms with Gasteiger partial charge in [-0.3, -0.25) is 9.69 Å². The lowest BCUT2D eigenvalue weighted by atomic mass is 9.86. The normalized spacial score (nSPS) is 24.4. The van der Waals surface area contributed by atoms with E-state index in [4.69, 9.17) is 0 Å². The van der Waals surface area contributed by atoms with Gasteiger partial charge in [-0.05, 0) is 93.1 Å². The number of likely N-dealkylation sites (tertiary alicyclic amines) is 2. The summed E-state index contributed by atoms with van der Waals surface area (Å²) < 4.78 is 13.1. The molecule has 1 aliphatic carbocycles. The van der Waals surface area contributed by atoms with Crippen molar-refractivity contribution in [1.82, 2.24) is 9.80 Å². The predicted octanol–water partition coefficient (Wildman–Crippen LogP) is 6.14. The second-order valence-electron chi connectivity index (χ2n) is 12.0. The number of piperidine rings is 1. The Kier molecular flexibility index (Phi) is 8.61. The quantitative estimate of drug-likeness (QED) is 0.398. The summed E-state index contributed by atoms with van der Waals surface area (Å²) in [5.74, 6) is 1.45.